The molecular weight excluding hydrogens is 482 g/mol. The van der Waals surface area contributed by atoms with E-state index in [1.165, 1.54) is 24.5 Å². The number of nitrogens with one attached hydrogen (secondary N) is 3. The van der Waals surface area contributed by atoms with Crippen LogP contribution in [0.1, 0.15) is 22.0 Å². The molecule has 2 heterocycles. The third-order valence-electron chi connectivity index (χ3n) is 3.40. The monoisotopic (exact) mass is 493 g/mol. The van der Waals surface area contributed by atoms with Crippen molar-refractivity contribution in [1.82, 2.24) is 31.1 Å². The Morgan fingerprint density at radius 3 is 2.52 bits per heavy atom. The van der Waals surface area contributed by atoms with Gasteiger partial charge in [-0.05, 0) is 23.4 Å². The maximum atomic E-state index is 13.2. The van der Waals surface area contributed by atoms with Gasteiger partial charge in [-0.25, -0.2) is 23.8 Å². The van der Waals surface area contributed by atoms with Gasteiger partial charge in [0, 0.05) is 12.4 Å². The normalized spacial score (nSPS) is 11.4. The van der Waals surface area contributed by atoms with Gasteiger partial charge in [-0.15, -0.1) is 0 Å². The summed E-state index contributed by atoms with van der Waals surface area (Å²) in [7, 11) is 0. The molecule has 0 saturated heterocycles. The van der Waals surface area contributed by atoms with Crippen molar-refractivity contribution >= 4 is 35.0 Å². The fourth-order valence-corrected chi connectivity index (χ4v) is 2.13. The highest BCUT2D eigenvalue weighted by Crippen LogP contribution is 2.22. The first-order chi connectivity index (χ1) is 15.5. The number of carbonyl (C=O) groups is 2. The fourth-order valence-electron chi connectivity index (χ4n) is 1.95. The fraction of sp³-hybridized carbons (Fsp3) is 0.125. The van der Waals surface area contributed by atoms with Crippen LogP contribution in [-0.2, 0) is 11.3 Å². The SMILES string of the molecule is O=C(NCc1nonc1C(=Nc1ccc(F)c(Cl)c1)NO)c1ncc[nH]1.O=C(O)C(F)(F)F. The lowest BCUT2D eigenvalue weighted by Gasteiger charge is -2.04. The Bertz CT molecular complexity index is 1130. The number of imidazole rings is 1. The first kappa shape index (κ1) is 25.2. The second kappa shape index (κ2) is 11.0. The van der Waals surface area contributed by atoms with E-state index in [0.29, 0.717) is 0 Å². The number of aliphatic imine (C=N–C) groups is 1. The molecule has 0 aliphatic heterocycles. The van der Waals surface area contributed by atoms with Crippen LogP contribution in [0.4, 0.5) is 23.2 Å². The number of hydrogen-bond acceptors (Lipinski definition) is 8. The van der Waals surface area contributed by atoms with Gasteiger partial charge in [0.1, 0.15) is 11.5 Å². The van der Waals surface area contributed by atoms with Gasteiger partial charge < -0.3 is 15.4 Å². The zero-order valence-corrected chi connectivity index (χ0v) is 16.6. The third-order valence-corrected chi connectivity index (χ3v) is 3.69. The van der Waals surface area contributed by atoms with Crippen LogP contribution in [0.3, 0.4) is 0 Å². The highest BCUT2D eigenvalue weighted by molar-refractivity contribution is 6.31. The topological polar surface area (TPSA) is 179 Å². The van der Waals surface area contributed by atoms with Crippen molar-refractivity contribution < 1.29 is 42.1 Å². The number of hydrogen-bond donors (Lipinski definition) is 5. The minimum Gasteiger partial charge on any atom is -0.475 e. The van der Waals surface area contributed by atoms with Gasteiger partial charge in [-0.2, -0.15) is 13.2 Å². The molecule has 0 unspecified atom stereocenters. The summed E-state index contributed by atoms with van der Waals surface area (Å²) in [4.78, 5) is 31.3. The van der Waals surface area contributed by atoms with Gasteiger partial charge in [0.15, 0.2) is 17.4 Å². The summed E-state index contributed by atoms with van der Waals surface area (Å²) in [5, 5.41) is 26.2. The molecule has 12 nitrogen and oxygen atoms in total. The van der Waals surface area contributed by atoms with E-state index in [2.05, 4.69) is 35.2 Å². The number of amides is 1. The summed E-state index contributed by atoms with van der Waals surface area (Å²) < 4.78 is 49.6. The summed E-state index contributed by atoms with van der Waals surface area (Å²) in [5.41, 5.74) is 2.36. The number of H-pyrrole nitrogens is 1. The van der Waals surface area contributed by atoms with Gasteiger partial charge in [0.2, 0.25) is 0 Å². The molecule has 0 radical (unpaired) electrons. The van der Waals surface area contributed by atoms with Crippen molar-refractivity contribution in [1.29, 1.82) is 0 Å². The lowest BCUT2D eigenvalue weighted by molar-refractivity contribution is -0.192. The van der Waals surface area contributed by atoms with Gasteiger partial charge in [-0.1, -0.05) is 16.8 Å². The van der Waals surface area contributed by atoms with Gasteiger partial charge >= 0.3 is 12.1 Å². The molecule has 17 heteroatoms. The quantitative estimate of drug-likeness (QED) is 0.154. The maximum Gasteiger partial charge on any atom is 0.490 e. The van der Waals surface area contributed by atoms with E-state index >= 15 is 0 Å². The van der Waals surface area contributed by atoms with Crippen molar-refractivity contribution in [2.45, 2.75) is 12.7 Å². The van der Waals surface area contributed by atoms with E-state index in [4.69, 9.17) is 21.5 Å². The van der Waals surface area contributed by atoms with Crippen LogP contribution >= 0.6 is 11.6 Å². The highest BCUT2D eigenvalue weighted by atomic mass is 35.5. The summed E-state index contributed by atoms with van der Waals surface area (Å²) >= 11 is 5.70. The Kier molecular flexibility index (Phi) is 8.41. The Hall–Kier alpha value is -4.05. The number of hydroxylamine groups is 1. The first-order valence-corrected chi connectivity index (χ1v) is 8.74. The number of aromatic nitrogens is 4. The Morgan fingerprint density at radius 1 is 1.27 bits per heavy atom. The number of aromatic amines is 1. The summed E-state index contributed by atoms with van der Waals surface area (Å²) in [6, 6.07) is 3.74. The van der Waals surface area contributed by atoms with E-state index in [1.807, 2.05) is 5.48 Å². The van der Waals surface area contributed by atoms with E-state index in [1.54, 1.807) is 0 Å². The van der Waals surface area contributed by atoms with Gasteiger partial charge in [0.05, 0.1) is 17.3 Å². The molecule has 5 N–H and O–H groups in total. The zero-order valence-electron chi connectivity index (χ0n) is 15.9. The molecule has 0 atom stereocenters. The summed E-state index contributed by atoms with van der Waals surface area (Å²) in [5.74, 6) is -3.83. The smallest absolute Gasteiger partial charge is 0.475 e. The number of benzene rings is 1. The van der Waals surface area contributed by atoms with Crippen LogP contribution in [-0.4, -0.2) is 54.5 Å². The molecule has 0 aliphatic carbocycles. The standard InChI is InChI=1S/C14H11ClFN7O3.C2HF3O2/c15-8-5-7(1-2-9(8)16)20-12(21-25)11-10(22-26-23-11)6-19-14(24)13-17-3-4-18-13;3-2(4,5)1(6)7/h1-5,25H,6H2,(H,17,18)(H,19,24)(H,20,21);(H,6,7). The largest absolute Gasteiger partial charge is 0.490 e. The average Bonchev–Trinajstić information content (AvgIpc) is 3.45. The van der Waals surface area contributed by atoms with E-state index < -0.39 is 23.9 Å². The minimum absolute atomic E-state index is 0.0488. The van der Waals surface area contributed by atoms with Crippen LogP contribution in [0, 0.1) is 5.82 Å². The predicted octanol–water partition coefficient (Wildman–Crippen LogP) is 2.21. The number of aliphatic carboxylic acids is 1. The van der Waals surface area contributed by atoms with Crippen LogP contribution in [0.15, 0.2) is 40.2 Å². The minimum atomic E-state index is -5.08. The Balaban J connectivity index is 0.000000479. The number of carboxylic acid groups (broad SMARTS) is 1. The lowest BCUT2D eigenvalue weighted by Crippen LogP contribution is -2.27. The van der Waals surface area contributed by atoms with E-state index in [9.17, 15) is 27.6 Å². The van der Waals surface area contributed by atoms with Crippen LogP contribution in [0.25, 0.3) is 0 Å². The van der Waals surface area contributed by atoms with Crippen molar-refractivity contribution in [2.24, 2.45) is 4.99 Å². The molecule has 1 amide bonds. The number of rotatable bonds is 5. The number of carboxylic acids is 1. The third kappa shape index (κ3) is 7.25. The van der Waals surface area contributed by atoms with E-state index in [-0.39, 0.29) is 40.3 Å². The van der Waals surface area contributed by atoms with E-state index in [0.717, 1.165) is 6.07 Å². The van der Waals surface area contributed by atoms with Crippen molar-refractivity contribution in [2.75, 3.05) is 0 Å². The molecular formula is C16H12ClF4N7O5. The molecule has 0 spiro atoms. The van der Waals surface area contributed by atoms with Crippen molar-refractivity contribution in [3.8, 4) is 0 Å². The number of nitrogens with zero attached hydrogens (tertiary/aromatic N) is 4. The molecule has 0 aliphatic rings. The van der Waals surface area contributed by atoms with Crippen LogP contribution < -0.4 is 10.8 Å². The molecule has 0 bridgehead atoms. The second-order valence-corrected chi connectivity index (χ2v) is 6.06. The zero-order chi connectivity index (χ0) is 24.6. The lowest BCUT2D eigenvalue weighted by atomic mass is 10.2. The molecule has 0 saturated carbocycles. The first-order valence-electron chi connectivity index (χ1n) is 8.36. The molecule has 1 aromatic carbocycles. The van der Waals surface area contributed by atoms with Crippen molar-refractivity contribution in [3.63, 3.8) is 0 Å². The average molecular weight is 494 g/mol. The number of alkyl halides is 3. The molecule has 3 rings (SSSR count). The number of amidine groups is 1. The second-order valence-electron chi connectivity index (χ2n) is 5.65. The van der Waals surface area contributed by atoms with Gasteiger partial charge in [0.25, 0.3) is 5.91 Å². The summed E-state index contributed by atoms with van der Waals surface area (Å²) in [6.07, 6.45) is -2.14. The van der Waals surface area contributed by atoms with Crippen LogP contribution in [0.5, 0.6) is 0 Å². The van der Waals surface area contributed by atoms with Crippen LogP contribution in [0.2, 0.25) is 5.02 Å². The Labute approximate surface area is 185 Å². The predicted molar refractivity (Wildman–Crippen MR) is 100 cm³/mol. The van der Waals surface area contributed by atoms with Crippen molar-refractivity contribution in [3.05, 3.63) is 58.6 Å². The molecule has 33 heavy (non-hydrogen) atoms. The summed E-state index contributed by atoms with van der Waals surface area (Å²) in [6.45, 7) is -0.0662. The molecule has 3 aromatic rings. The number of carbonyl (C=O) groups excluding carboxylic acids is 1. The highest BCUT2D eigenvalue weighted by Gasteiger charge is 2.38. The number of halogens is 5. The Morgan fingerprint density at radius 2 is 1.97 bits per heavy atom. The van der Waals surface area contributed by atoms with Gasteiger partial charge in [-0.3, -0.25) is 15.5 Å². The molecule has 176 valence electrons. The molecule has 2 aromatic heterocycles. The molecule has 0 fully saturated rings. The maximum absolute atomic E-state index is 13.2.